The van der Waals surface area contributed by atoms with E-state index in [1.54, 1.807) is 0 Å². The van der Waals surface area contributed by atoms with Gasteiger partial charge in [-0.25, -0.2) is 0 Å². The third-order valence-corrected chi connectivity index (χ3v) is 3.89. The SMILES string of the molecule is O=C(O)CCN1CCCN(Cc2ccc(Cl)cc2)CC1. The lowest BCUT2D eigenvalue weighted by molar-refractivity contribution is -0.137. The van der Waals surface area contributed by atoms with Crippen LogP contribution in [0.25, 0.3) is 0 Å². The van der Waals surface area contributed by atoms with Crippen molar-refractivity contribution in [3.05, 3.63) is 34.9 Å². The van der Waals surface area contributed by atoms with Crippen LogP contribution in [0.15, 0.2) is 24.3 Å². The fraction of sp³-hybridized carbons (Fsp3) is 0.533. The Morgan fingerprint density at radius 1 is 1.10 bits per heavy atom. The predicted octanol–water partition coefficient (Wildman–Crippen LogP) is 2.32. The zero-order chi connectivity index (χ0) is 14.4. The van der Waals surface area contributed by atoms with E-state index in [4.69, 9.17) is 16.7 Å². The topological polar surface area (TPSA) is 43.8 Å². The molecule has 1 heterocycles. The fourth-order valence-corrected chi connectivity index (χ4v) is 2.63. The summed E-state index contributed by atoms with van der Waals surface area (Å²) in [5.41, 5.74) is 1.27. The highest BCUT2D eigenvalue weighted by molar-refractivity contribution is 6.30. The lowest BCUT2D eigenvalue weighted by Crippen LogP contribution is -2.31. The normalized spacial score (nSPS) is 17.9. The number of halogens is 1. The molecule has 0 amide bonds. The van der Waals surface area contributed by atoms with Gasteiger partial charge in [-0.05, 0) is 37.2 Å². The van der Waals surface area contributed by atoms with E-state index in [0.29, 0.717) is 6.54 Å². The van der Waals surface area contributed by atoms with Crippen molar-refractivity contribution in [1.29, 1.82) is 0 Å². The first-order valence-corrected chi connectivity index (χ1v) is 7.42. The number of rotatable bonds is 5. The van der Waals surface area contributed by atoms with E-state index >= 15 is 0 Å². The Morgan fingerprint density at radius 2 is 1.75 bits per heavy atom. The Morgan fingerprint density at radius 3 is 2.45 bits per heavy atom. The van der Waals surface area contributed by atoms with Crippen LogP contribution in [0.4, 0.5) is 0 Å². The lowest BCUT2D eigenvalue weighted by Gasteiger charge is -2.21. The molecular weight excluding hydrogens is 276 g/mol. The number of hydrogen-bond acceptors (Lipinski definition) is 3. The van der Waals surface area contributed by atoms with Gasteiger partial charge in [-0.2, -0.15) is 0 Å². The van der Waals surface area contributed by atoms with Gasteiger partial charge in [-0.15, -0.1) is 0 Å². The van der Waals surface area contributed by atoms with E-state index in [-0.39, 0.29) is 6.42 Å². The van der Waals surface area contributed by atoms with Crippen LogP contribution < -0.4 is 0 Å². The van der Waals surface area contributed by atoms with Crippen molar-refractivity contribution in [3.63, 3.8) is 0 Å². The van der Waals surface area contributed by atoms with Gasteiger partial charge in [0.1, 0.15) is 0 Å². The molecule has 4 nitrogen and oxygen atoms in total. The second kappa shape index (κ2) is 7.62. The Hall–Kier alpha value is -1.10. The molecule has 110 valence electrons. The van der Waals surface area contributed by atoms with E-state index in [1.807, 2.05) is 12.1 Å². The summed E-state index contributed by atoms with van der Waals surface area (Å²) < 4.78 is 0. The molecule has 0 bridgehead atoms. The molecule has 0 aromatic heterocycles. The molecule has 1 fully saturated rings. The van der Waals surface area contributed by atoms with Crippen LogP contribution in [0.3, 0.4) is 0 Å². The Labute approximate surface area is 124 Å². The average Bonchev–Trinajstić information content (AvgIpc) is 2.64. The van der Waals surface area contributed by atoms with Gasteiger partial charge in [0.05, 0.1) is 6.42 Å². The Bertz CT molecular complexity index is 436. The molecule has 20 heavy (non-hydrogen) atoms. The highest BCUT2D eigenvalue weighted by Crippen LogP contribution is 2.13. The molecule has 0 spiro atoms. The van der Waals surface area contributed by atoms with Crippen molar-refractivity contribution in [3.8, 4) is 0 Å². The summed E-state index contributed by atoms with van der Waals surface area (Å²) in [6.45, 7) is 5.58. The summed E-state index contributed by atoms with van der Waals surface area (Å²) in [5, 5.41) is 9.50. The van der Waals surface area contributed by atoms with E-state index < -0.39 is 5.97 Å². The second-order valence-corrected chi connectivity index (χ2v) is 5.68. The molecule has 1 aliphatic heterocycles. The number of nitrogens with zero attached hydrogens (tertiary/aromatic N) is 2. The molecule has 0 aliphatic carbocycles. The van der Waals surface area contributed by atoms with Crippen molar-refractivity contribution in [2.45, 2.75) is 19.4 Å². The molecule has 5 heteroatoms. The van der Waals surface area contributed by atoms with E-state index in [1.165, 1.54) is 5.56 Å². The number of hydrogen-bond donors (Lipinski definition) is 1. The molecule has 0 atom stereocenters. The van der Waals surface area contributed by atoms with Gasteiger partial charge in [0, 0.05) is 31.2 Å². The van der Waals surface area contributed by atoms with Crippen molar-refractivity contribution in [2.75, 3.05) is 32.7 Å². The monoisotopic (exact) mass is 296 g/mol. The third-order valence-electron chi connectivity index (χ3n) is 3.64. The van der Waals surface area contributed by atoms with Crippen molar-refractivity contribution in [1.82, 2.24) is 9.80 Å². The highest BCUT2D eigenvalue weighted by atomic mass is 35.5. The van der Waals surface area contributed by atoms with Gasteiger partial charge in [0.2, 0.25) is 0 Å². The van der Waals surface area contributed by atoms with Crippen LogP contribution in [-0.2, 0) is 11.3 Å². The second-order valence-electron chi connectivity index (χ2n) is 5.24. The minimum absolute atomic E-state index is 0.233. The third kappa shape index (κ3) is 5.12. The average molecular weight is 297 g/mol. The molecule has 0 radical (unpaired) electrons. The van der Waals surface area contributed by atoms with Gasteiger partial charge >= 0.3 is 5.97 Å². The smallest absolute Gasteiger partial charge is 0.304 e. The molecule has 1 aliphatic rings. The zero-order valence-corrected chi connectivity index (χ0v) is 12.4. The van der Waals surface area contributed by atoms with E-state index in [2.05, 4.69) is 21.9 Å². The van der Waals surface area contributed by atoms with Gasteiger partial charge < -0.3 is 10.0 Å². The maximum Gasteiger partial charge on any atom is 0.304 e. The molecule has 2 rings (SSSR count). The lowest BCUT2D eigenvalue weighted by atomic mass is 10.2. The van der Waals surface area contributed by atoms with Gasteiger partial charge in [-0.3, -0.25) is 9.69 Å². The maximum absolute atomic E-state index is 10.6. The summed E-state index contributed by atoms with van der Waals surface area (Å²) in [6, 6.07) is 7.98. The molecule has 1 aromatic rings. The van der Waals surface area contributed by atoms with Gasteiger partial charge in [0.25, 0.3) is 0 Å². The summed E-state index contributed by atoms with van der Waals surface area (Å²) >= 11 is 5.89. The number of carboxylic acids is 1. The van der Waals surface area contributed by atoms with Crippen LogP contribution in [0.2, 0.25) is 5.02 Å². The van der Waals surface area contributed by atoms with E-state index in [0.717, 1.165) is 44.2 Å². The minimum atomic E-state index is -0.715. The highest BCUT2D eigenvalue weighted by Gasteiger charge is 2.15. The number of aliphatic carboxylic acids is 1. The summed E-state index contributed by atoms with van der Waals surface area (Å²) in [6.07, 6.45) is 1.32. The van der Waals surface area contributed by atoms with Crippen molar-refractivity contribution < 1.29 is 9.90 Å². The number of carboxylic acid groups (broad SMARTS) is 1. The van der Waals surface area contributed by atoms with Gasteiger partial charge in [-0.1, -0.05) is 23.7 Å². The number of carbonyl (C=O) groups is 1. The molecule has 0 saturated carbocycles. The first-order valence-electron chi connectivity index (χ1n) is 7.04. The van der Waals surface area contributed by atoms with Crippen LogP contribution in [0.1, 0.15) is 18.4 Å². The van der Waals surface area contributed by atoms with Crippen LogP contribution >= 0.6 is 11.6 Å². The largest absolute Gasteiger partial charge is 0.481 e. The van der Waals surface area contributed by atoms with E-state index in [9.17, 15) is 4.79 Å². The molecule has 0 unspecified atom stereocenters. The predicted molar refractivity (Wildman–Crippen MR) is 80.0 cm³/mol. The molecule has 1 aromatic carbocycles. The van der Waals surface area contributed by atoms with Crippen molar-refractivity contribution in [2.24, 2.45) is 0 Å². The van der Waals surface area contributed by atoms with Gasteiger partial charge in [0.15, 0.2) is 0 Å². The van der Waals surface area contributed by atoms with Crippen LogP contribution in [-0.4, -0.2) is 53.6 Å². The van der Waals surface area contributed by atoms with Crippen molar-refractivity contribution >= 4 is 17.6 Å². The van der Waals surface area contributed by atoms with Crippen LogP contribution in [0.5, 0.6) is 0 Å². The van der Waals surface area contributed by atoms with Crippen LogP contribution in [0, 0.1) is 0 Å². The first-order chi connectivity index (χ1) is 9.63. The molecule has 1 saturated heterocycles. The fourth-order valence-electron chi connectivity index (χ4n) is 2.51. The Kier molecular flexibility index (Phi) is 5.83. The Balaban J connectivity index is 1.80. The standard InChI is InChI=1S/C15H21ClN2O2/c16-14-4-2-13(3-5-14)12-18-8-1-7-17(10-11-18)9-6-15(19)20/h2-5H,1,6-12H2,(H,19,20). The zero-order valence-electron chi connectivity index (χ0n) is 11.6. The quantitative estimate of drug-likeness (QED) is 0.906. The maximum atomic E-state index is 10.6. The summed E-state index contributed by atoms with van der Waals surface area (Å²) in [5.74, 6) is -0.715. The minimum Gasteiger partial charge on any atom is -0.481 e. The summed E-state index contributed by atoms with van der Waals surface area (Å²) in [7, 11) is 0. The summed E-state index contributed by atoms with van der Waals surface area (Å²) in [4.78, 5) is 15.3. The molecule has 1 N–H and O–H groups in total. The molecular formula is C15H21ClN2O2. The first kappa shape index (κ1) is 15.3. The number of benzene rings is 1.